The first-order valence-corrected chi connectivity index (χ1v) is 21.0. The molecule has 9 rings (SSSR count). The van der Waals surface area contributed by atoms with Crippen LogP contribution in [0.2, 0.25) is 0 Å². The van der Waals surface area contributed by atoms with Crippen molar-refractivity contribution in [3.05, 3.63) is 162 Å². The Bertz CT molecular complexity index is 1600. The molecule has 3 aliphatic heterocycles. The average molecular weight is 651 g/mol. The zero-order valence-electron chi connectivity index (χ0n) is 24.2. The molecule has 0 atom stereocenters. The highest BCUT2D eigenvalue weighted by atomic mass is 32.2. The molecule has 0 nitrogen and oxygen atoms in total. The Hall–Kier alpha value is -3.20. The Morgan fingerprint density at radius 3 is 0.886 bits per heavy atom. The van der Waals surface area contributed by atoms with E-state index >= 15 is 0 Å². The van der Waals surface area contributed by atoms with Gasteiger partial charge in [-0.2, -0.15) is 0 Å². The lowest BCUT2D eigenvalue weighted by atomic mass is 10.2. The lowest BCUT2D eigenvalue weighted by molar-refractivity contribution is 1.38. The minimum absolute atomic E-state index is 0.966. The van der Waals surface area contributed by atoms with Gasteiger partial charge < -0.3 is 0 Å². The zero-order chi connectivity index (χ0) is 29.3. The van der Waals surface area contributed by atoms with Crippen molar-refractivity contribution in [1.82, 2.24) is 0 Å². The second-order valence-electron chi connectivity index (χ2n) is 11.1. The van der Waals surface area contributed by atoms with E-state index in [2.05, 4.69) is 146 Å². The van der Waals surface area contributed by atoms with Gasteiger partial charge in [0.1, 0.15) is 0 Å². The first-order valence-electron chi connectivity index (χ1n) is 15.0. The normalized spacial score (nSPS) is 15.0. The molecule has 212 valence electrons. The maximum atomic E-state index is 2.43. The van der Waals surface area contributed by atoms with Crippen LogP contribution in [0.15, 0.2) is 160 Å². The van der Waals surface area contributed by atoms with Gasteiger partial charge in [-0.25, -0.2) is 0 Å². The molecule has 3 heterocycles. The summed E-state index contributed by atoms with van der Waals surface area (Å²) in [5, 5.41) is 9.08. The molecule has 0 saturated carbocycles. The number of benzene rings is 6. The summed E-state index contributed by atoms with van der Waals surface area (Å²) in [6.07, 6.45) is 0. The van der Waals surface area contributed by atoms with E-state index in [1.54, 1.807) is 0 Å². The summed E-state index contributed by atoms with van der Waals surface area (Å²) in [4.78, 5) is 4.25. The Morgan fingerprint density at radius 1 is 0.295 bits per heavy atom. The number of hydrogen-bond donors (Lipinski definition) is 0. The lowest BCUT2D eigenvalue weighted by Gasteiger charge is -2.28. The van der Waals surface area contributed by atoms with Crippen LogP contribution in [-0.2, 0) is 17.3 Å². The van der Waals surface area contributed by atoms with Crippen molar-refractivity contribution in [2.24, 2.45) is 0 Å². The van der Waals surface area contributed by atoms with E-state index in [9.17, 15) is 0 Å². The van der Waals surface area contributed by atoms with Gasteiger partial charge in [0.2, 0.25) is 0 Å². The highest BCUT2D eigenvalue weighted by Crippen LogP contribution is 2.28. The van der Waals surface area contributed by atoms with Gasteiger partial charge in [-0.05, 0) is 66.0 Å². The fourth-order valence-electron chi connectivity index (χ4n) is 6.40. The minimum atomic E-state index is -1.32. The molecular weight excluding hydrogens is 621 g/mol. The van der Waals surface area contributed by atoms with Crippen molar-refractivity contribution >= 4 is 84.0 Å². The van der Waals surface area contributed by atoms with Gasteiger partial charge in [-0.1, -0.05) is 127 Å². The first-order chi connectivity index (χ1) is 21.8. The quantitative estimate of drug-likeness (QED) is 0.179. The van der Waals surface area contributed by atoms with Crippen LogP contribution in [-0.4, -0.2) is 17.6 Å². The van der Waals surface area contributed by atoms with Crippen LogP contribution in [0.3, 0.4) is 0 Å². The Kier molecular flexibility index (Phi) is 8.14. The van der Waals surface area contributed by atoms with Crippen LogP contribution in [0.5, 0.6) is 0 Å². The fourth-order valence-corrected chi connectivity index (χ4v) is 17.0. The second kappa shape index (κ2) is 12.7. The monoisotopic (exact) mass is 650 g/mol. The van der Waals surface area contributed by atoms with Crippen molar-refractivity contribution in [1.29, 1.82) is 0 Å². The Labute approximate surface area is 276 Å². The van der Waals surface area contributed by atoms with Gasteiger partial charge >= 0.3 is 0 Å². The maximum Gasteiger partial charge on any atom is 0.158 e. The molecule has 44 heavy (non-hydrogen) atoms. The third-order valence-corrected chi connectivity index (χ3v) is 18.4. The first kappa shape index (κ1) is 28.3. The van der Waals surface area contributed by atoms with Gasteiger partial charge in [0, 0.05) is 31.9 Å². The summed E-state index contributed by atoms with van der Waals surface area (Å²) in [5.74, 6) is 2.90. The van der Waals surface area contributed by atoms with Crippen molar-refractivity contribution in [3.63, 3.8) is 0 Å². The van der Waals surface area contributed by atoms with Crippen LogP contribution >= 0.6 is 35.3 Å². The van der Waals surface area contributed by atoms with E-state index in [-0.39, 0.29) is 0 Å². The van der Waals surface area contributed by atoms with Crippen molar-refractivity contribution in [2.75, 3.05) is 0 Å². The molecule has 2 radical (unpaired) electrons. The predicted octanol–water partition coefficient (Wildman–Crippen LogP) is 6.22. The smallest absolute Gasteiger partial charge is 0.121 e. The third-order valence-electron chi connectivity index (χ3n) is 8.48. The number of rotatable bonds is 0. The van der Waals surface area contributed by atoms with Crippen LogP contribution in [0.4, 0.5) is 0 Å². The number of thioether (sulfide) groups is 3. The molecule has 0 N–H and O–H groups in total. The van der Waals surface area contributed by atoms with E-state index in [0.717, 1.165) is 17.3 Å². The molecule has 0 aliphatic carbocycles. The molecule has 0 spiro atoms. The van der Waals surface area contributed by atoms with Crippen LogP contribution in [0, 0.1) is 0 Å². The summed E-state index contributed by atoms with van der Waals surface area (Å²) in [6.45, 7) is 0. The maximum absolute atomic E-state index is 2.43. The number of fused-ring (bicyclic) bond motifs is 3. The minimum Gasteiger partial charge on any atom is -0.121 e. The molecular formula is C39H30S3Si2. The van der Waals surface area contributed by atoms with Gasteiger partial charge in [0.25, 0.3) is 0 Å². The second-order valence-corrected chi connectivity index (χ2v) is 18.9. The van der Waals surface area contributed by atoms with Crippen molar-refractivity contribution in [2.45, 2.75) is 31.9 Å². The molecule has 0 amide bonds. The van der Waals surface area contributed by atoms with Crippen LogP contribution in [0.1, 0.15) is 16.7 Å². The summed E-state index contributed by atoms with van der Waals surface area (Å²) in [7, 11) is -2.61. The topological polar surface area (TPSA) is 0 Å². The summed E-state index contributed by atoms with van der Waals surface area (Å²) < 4.78 is 0. The average Bonchev–Trinajstić information content (AvgIpc) is 3.08. The fraction of sp³-hybridized carbons (Fsp3) is 0.0769. The van der Waals surface area contributed by atoms with E-state index in [4.69, 9.17) is 0 Å². The molecule has 6 aromatic rings. The highest BCUT2D eigenvalue weighted by Gasteiger charge is 2.31. The molecule has 0 fully saturated rings. The molecule has 3 aliphatic rings. The highest BCUT2D eigenvalue weighted by molar-refractivity contribution is 7.99. The molecule has 0 saturated heterocycles. The molecule has 2 bridgehead atoms. The summed E-state index contributed by atoms with van der Waals surface area (Å²) in [5.41, 5.74) is 4.40. The van der Waals surface area contributed by atoms with E-state index in [1.165, 1.54) is 62.5 Å². The largest absolute Gasteiger partial charge is 0.158 e. The van der Waals surface area contributed by atoms with Crippen LogP contribution < -0.4 is 31.1 Å². The number of hydrogen-bond acceptors (Lipinski definition) is 3. The van der Waals surface area contributed by atoms with E-state index < -0.39 is 17.6 Å². The predicted molar refractivity (Wildman–Crippen MR) is 197 cm³/mol. The molecule has 6 aromatic carbocycles. The molecule has 0 aromatic heterocycles. The third kappa shape index (κ3) is 5.35. The van der Waals surface area contributed by atoms with Gasteiger partial charge in [-0.3, -0.25) is 0 Å². The Balaban J connectivity index is 1.48. The van der Waals surface area contributed by atoms with Gasteiger partial charge in [0.15, 0.2) is 17.6 Å². The van der Waals surface area contributed by atoms with Crippen molar-refractivity contribution < 1.29 is 0 Å². The molecule has 5 heteroatoms. The lowest BCUT2D eigenvalue weighted by Crippen LogP contribution is -2.56. The van der Waals surface area contributed by atoms with Crippen LogP contribution in [0.25, 0.3) is 0 Å². The summed E-state index contributed by atoms with van der Waals surface area (Å²) in [6, 6.07) is 55.8. The standard InChI is InChI=1S/C39H30S3Si2/c1-7-19-34-28(13-1)25-40-31-16-4-10-22-37(31)44-38-23-11-5-17-32(38)41-26-29-14-2-8-20-35(29)43(34)36-21-9-3-15-30(36)27-42-33-18-6-12-24-39(33)44/h1-24H,25-27H2. The van der Waals surface area contributed by atoms with E-state index in [0.29, 0.717) is 0 Å². The molecule has 0 unspecified atom stereocenters. The van der Waals surface area contributed by atoms with Gasteiger partial charge in [-0.15, -0.1) is 35.3 Å². The zero-order valence-corrected chi connectivity index (χ0v) is 28.7. The Morgan fingerprint density at radius 2 is 0.545 bits per heavy atom. The van der Waals surface area contributed by atoms with Gasteiger partial charge in [0.05, 0.1) is 0 Å². The van der Waals surface area contributed by atoms with E-state index in [1.807, 2.05) is 35.3 Å². The van der Waals surface area contributed by atoms with Crippen molar-refractivity contribution in [3.8, 4) is 0 Å². The summed E-state index contributed by atoms with van der Waals surface area (Å²) >= 11 is 6.07. The SMILES string of the molecule is c1ccc2c(c1)CSc1ccccc1[Si]1c3ccccc3SCc3ccccc3[Si]2c2ccccc2CSc2ccccc21.